The Morgan fingerprint density at radius 3 is 2.59 bits per heavy atom. The quantitative estimate of drug-likeness (QED) is 0.656. The van der Waals surface area contributed by atoms with Gasteiger partial charge in [0.1, 0.15) is 5.54 Å². The number of carbonyl (C=O) groups is 1. The van der Waals surface area contributed by atoms with Crippen molar-refractivity contribution in [2.45, 2.75) is 58.0 Å². The number of ether oxygens (including phenoxy) is 1. The molecule has 0 bridgehead atoms. The van der Waals surface area contributed by atoms with Crippen LogP contribution in [0.2, 0.25) is 0 Å². The standard InChI is InChI=1S/C13H26N2O2/c1-4-6-9-15(11-7-8-11)10-13(3,14)12(16)17-5-2/h11H,4-10,14H2,1-3H3. The van der Waals surface area contributed by atoms with Crippen molar-refractivity contribution in [2.75, 3.05) is 19.7 Å². The highest BCUT2D eigenvalue weighted by Crippen LogP contribution is 2.28. The SMILES string of the molecule is CCCCN(CC(C)(N)C(=O)OCC)C1CC1. The van der Waals surface area contributed by atoms with Crippen molar-refractivity contribution in [3.05, 3.63) is 0 Å². The number of hydrogen-bond donors (Lipinski definition) is 1. The summed E-state index contributed by atoms with van der Waals surface area (Å²) in [5, 5.41) is 0. The van der Waals surface area contributed by atoms with E-state index in [1.807, 2.05) is 6.92 Å². The van der Waals surface area contributed by atoms with Crippen molar-refractivity contribution in [1.82, 2.24) is 4.90 Å². The maximum absolute atomic E-state index is 11.7. The zero-order chi connectivity index (χ0) is 12.9. The van der Waals surface area contributed by atoms with Gasteiger partial charge < -0.3 is 10.5 Å². The van der Waals surface area contributed by atoms with Crippen molar-refractivity contribution >= 4 is 5.97 Å². The molecule has 4 nitrogen and oxygen atoms in total. The van der Waals surface area contributed by atoms with Gasteiger partial charge in [0.15, 0.2) is 0 Å². The molecule has 0 aliphatic heterocycles. The van der Waals surface area contributed by atoms with Crippen LogP contribution in [0, 0.1) is 0 Å². The Bertz CT molecular complexity index is 250. The summed E-state index contributed by atoms with van der Waals surface area (Å²) >= 11 is 0. The third-order valence-corrected chi connectivity index (χ3v) is 3.14. The van der Waals surface area contributed by atoms with E-state index < -0.39 is 5.54 Å². The molecular weight excluding hydrogens is 216 g/mol. The minimum atomic E-state index is -0.883. The van der Waals surface area contributed by atoms with E-state index in [4.69, 9.17) is 10.5 Å². The van der Waals surface area contributed by atoms with Crippen LogP contribution >= 0.6 is 0 Å². The van der Waals surface area contributed by atoms with Crippen molar-refractivity contribution in [3.8, 4) is 0 Å². The van der Waals surface area contributed by atoms with E-state index in [1.165, 1.54) is 19.3 Å². The number of nitrogens with zero attached hydrogens (tertiary/aromatic N) is 1. The first-order valence-corrected chi connectivity index (χ1v) is 6.71. The van der Waals surface area contributed by atoms with Gasteiger partial charge in [0.2, 0.25) is 0 Å². The van der Waals surface area contributed by atoms with Gasteiger partial charge in [0, 0.05) is 12.6 Å². The van der Waals surface area contributed by atoms with Crippen LogP contribution in [-0.2, 0) is 9.53 Å². The van der Waals surface area contributed by atoms with Crippen molar-refractivity contribution in [2.24, 2.45) is 5.73 Å². The van der Waals surface area contributed by atoms with Crippen LogP contribution in [0.25, 0.3) is 0 Å². The first-order chi connectivity index (χ1) is 8.01. The van der Waals surface area contributed by atoms with E-state index in [-0.39, 0.29) is 5.97 Å². The Hall–Kier alpha value is -0.610. The van der Waals surface area contributed by atoms with Crippen molar-refractivity contribution in [3.63, 3.8) is 0 Å². The highest BCUT2D eigenvalue weighted by Gasteiger charge is 2.37. The first kappa shape index (κ1) is 14.5. The van der Waals surface area contributed by atoms with Gasteiger partial charge in [-0.1, -0.05) is 13.3 Å². The molecule has 0 radical (unpaired) electrons. The summed E-state index contributed by atoms with van der Waals surface area (Å²) in [7, 11) is 0. The molecule has 1 unspecified atom stereocenters. The van der Waals surface area contributed by atoms with Gasteiger partial charge in [-0.05, 0) is 39.7 Å². The highest BCUT2D eigenvalue weighted by atomic mass is 16.5. The molecule has 1 saturated carbocycles. The van der Waals surface area contributed by atoms with E-state index in [2.05, 4.69) is 11.8 Å². The lowest BCUT2D eigenvalue weighted by atomic mass is 10.0. The molecular formula is C13H26N2O2. The number of unbranched alkanes of at least 4 members (excludes halogenated alkanes) is 1. The maximum atomic E-state index is 11.7. The van der Waals surface area contributed by atoms with Gasteiger partial charge in [0.25, 0.3) is 0 Å². The van der Waals surface area contributed by atoms with Crippen LogP contribution in [0.1, 0.15) is 46.5 Å². The second-order valence-electron chi connectivity index (χ2n) is 5.19. The summed E-state index contributed by atoms with van der Waals surface area (Å²) in [6, 6.07) is 0.638. The Labute approximate surface area is 104 Å². The summed E-state index contributed by atoms with van der Waals surface area (Å²) in [5.74, 6) is -0.290. The van der Waals surface area contributed by atoms with Crippen LogP contribution < -0.4 is 5.73 Å². The monoisotopic (exact) mass is 242 g/mol. The van der Waals surface area contributed by atoms with Crippen LogP contribution in [-0.4, -0.2) is 42.1 Å². The highest BCUT2D eigenvalue weighted by molar-refractivity contribution is 5.80. The fourth-order valence-corrected chi connectivity index (χ4v) is 1.97. The predicted octanol–water partition coefficient (Wildman–Crippen LogP) is 1.53. The van der Waals surface area contributed by atoms with Gasteiger partial charge in [-0.3, -0.25) is 9.69 Å². The van der Waals surface area contributed by atoms with E-state index in [1.54, 1.807) is 6.92 Å². The lowest BCUT2D eigenvalue weighted by Gasteiger charge is -2.30. The third kappa shape index (κ3) is 4.64. The lowest BCUT2D eigenvalue weighted by Crippen LogP contribution is -2.55. The Morgan fingerprint density at radius 1 is 1.47 bits per heavy atom. The molecule has 0 aromatic rings. The zero-order valence-corrected chi connectivity index (χ0v) is 11.4. The summed E-state index contributed by atoms with van der Waals surface area (Å²) in [6.45, 7) is 7.79. The summed E-state index contributed by atoms with van der Waals surface area (Å²) in [6.07, 6.45) is 4.81. The molecule has 0 saturated heterocycles. The molecule has 2 N–H and O–H groups in total. The van der Waals surface area contributed by atoms with Crippen LogP contribution in [0.5, 0.6) is 0 Å². The van der Waals surface area contributed by atoms with Crippen LogP contribution in [0.4, 0.5) is 0 Å². The topological polar surface area (TPSA) is 55.6 Å². The number of hydrogen-bond acceptors (Lipinski definition) is 4. The minimum Gasteiger partial charge on any atom is -0.465 e. The third-order valence-electron chi connectivity index (χ3n) is 3.14. The largest absolute Gasteiger partial charge is 0.465 e. The molecule has 0 aromatic heterocycles. The fraction of sp³-hybridized carbons (Fsp3) is 0.923. The zero-order valence-electron chi connectivity index (χ0n) is 11.4. The van der Waals surface area contributed by atoms with E-state index in [9.17, 15) is 4.79 Å². The van der Waals surface area contributed by atoms with E-state index >= 15 is 0 Å². The van der Waals surface area contributed by atoms with Crippen molar-refractivity contribution < 1.29 is 9.53 Å². The molecule has 100 valence electrons. The number of nitrogens with two attached hydrogens (primary N) is 1. The molecule has 0 amide bonds. The average molecular weight is 242 g/mol. The molecule has 0 heterocycles. The second kappa shape index (κ2) is 6.36. The van der Waals surface area contributed by atoms with Gasteiger partial charge in [-0.2, -0.15) is 0 Å². The lowest BCUT2D eigenvalue weighted by molar-refractivity contribution is -0.149. The molecule has 1 rings (SSSR count). The van der Waals surface area contributed by atoms with Gasteiger partial charge >= 0.3 is 5.97 Å². The van der Waals surface area contributed by atoms with Crippen LogP contribution in [0.3, 0.4) is 0 Å². The van der Waals surface area contributed by atoms with E-state index in [0.717, 1.165) is 13.0 Å². The average Bonchev–Trinajstić information content (AvgIpc) is 3.08. The molecule has 17 heavy (non-hydrogen) atoms. The van der Waals surface area contributed by atoms with Gasteiger partial charge in [-0.25, -0.2) is 0 Å². The molecule has 1 atom stereocenters. The van der Waals surface area contributed by atoms with Gasteiger partial charge in [0.05, 0.1) is 6.61 Å². The minimum absolute atomic E-state index is 0.290. The second-order valence-corrected chi connectivity index (χ2v) is 5.19. The molecule has 1 fully saturated rings. The van der Waals surface area contributed by atoms with Gasteiger partial charge in [-0.15, -0.1) is 0 Å². The van der Waals surface area contributed by atoms with Crippen LogP contribution in [0.15, 0.2) is 0 Å². The molecule has 4 heteroatoms. The number of esters is 1. The molecule has 0 aromatic carbocycles. The first-order valence-electron chi connectivity index (χ1n) is 6.71. The predicted molar refractivity (Wildman–Crippen MR) is 68.7 cm³/mol. The van der Waals surface area contributed by atoms with E-state index in [0.29, 0.717) is 19.2 Å². The Morgan fingerprint density at radius 2 is 2.12 bits per heavy atom. The molecule has 1 aliphatic rings. The Kier molecular flexibility index (Phi) is 5.40. The summed E-state index contributed by atoms with van der Waals surface area (Å²) in [4.78, 5) is 14.1. The fourth-order valence-electron chi connectivity index (χ4n) is 1.97. The normalized spacial score (nSPS) is 19.1. The smallest absolute Gasteiger partial charge is 0.327 e. The van der Waals surface area contributed by atoms with Crippen molar-refractivity contribution in [1.29, 1.82) is 0 Å². The maximum Gasteiger partial charge on any atom is 0.327 e. The number of carbonyl (C=O) groups excluding carboxylic acids is 1. The summed E-state index contributed by atoms with van der Waals surface area (Å²) < 4.78 is 5.02. The summed E-state index contributed by atoms with van der Waals surface area (Å²) in [5.41, 5.74) is 5.19. The molecule has 1 aliphatic carbocycles. The Balaban J connectivity index is 2.49. The molecule has 0 spiro atoms. The number of rotatable bonds is 8.